The van der Waals surface area contributed by atoms with Gasteiger partial charge in [0.05, 0.1) is 7.11 Å². The number of hydrogen-bond acceptors (Lipinski definition) is 3. The van der Waals surface area contributed by atoms with Crippen LogP contribution in [0, 0.1) is 12.3 Å². The summed E-state index contributed by atoms with van der Waals surface area (Å²) in [6, 6.07) is 5.71. The number of rotatable bonds is 8. The molecule has 0 saturated carbocycles. The fourth-order valence-electron chi connectivity index (χ4n) is 2.08. The number of ether oxygens (including phenoxy) is 1. The van der Waals surface area contributed by atoms with Gasteiger partial charge in [-0.2, -0.15) is 0 Å². The van der Waals surface area contributed by atoms with Crippen LogP contribution in [0.2, 0.25) is 0 Å². The number of aliphatic hydroxyl groups excluding tert-OH is 1. The molecule has 1 aromatic rings. The molecule has 5 nitrogen and oxygen atoms in total. The normalized spacial score (nSPS) is 11.1. The summed E-state index contributed by atoms with van der Waals surface area (Å²) >= 11 is 0. The summed E-state index contributed by atoms with van der Waals surface area (Å²) in [5.74, 6) is 0.782. The van der Waals surface area contributed by atoms with E-state index in [4.69, 9.17) is 4.74 Å². The van der Waals surface area contributed by atoms with Crippen LogP contribution in [0.15, 0.2) is 18.2 Å². The standard InChI is InChI=1S/C17H28N2O3/c1-13-6-7-14(15(10-13)22-4)11-19-16(21)18-9-5-8-17(2,3)12-20/h6-7,10,20H,5,8-9,11-12H2,1-4H3,(H2,18,19,21). The van der Waals surface area contributed by atoms with Crippen molar-refractivity contribution in [1.82, 2.24) is 10.6 Å². The van der Waals surface area contributed by atoms with Gasteiger partial charge in [0.25, 0.3) is 0 Å². The average Bonchev–Trinajstić information content (AvgIpc) is 2.50. The van der Waals surface area contributed by atoms with Crippen molar-refractivity contribution in [3.8, 4) is 5.75 Å². The number of methoxy groups -OCH3 is 1. The van der Waals surface area contributed by atoms with Gasteiger partial charge >= 0.3 is 6.03 Å². The van der Waals surface area contributed by atoms with Crippen LogP contribution < -0.4 is 15.4 Å². The minimum atomic E-state index is -0.190. The van der Waals surface area contributed by atoms with Crippen LogP contribution in [0.1, 0.15) is 37.8 Å². The number of carbonyl (C=O) groups is 1. The molecule has 0 aliphatic carbocycles. The molecular weight excluding hydrogens is 280 g/mol. The molecule has 3 N–H and O–H groups in total. The summed E-state index contributed by atoms with van der Waals surface area (Å²) in [6.07, 6.45) is 1.71. The molecule has 0 spiro atoms. The highest BCUT2D eigenvalue weighted by Gasteiger charge is 2.15. The van der Waals surface area contributed by atoms with E-state index < -0.39 is 0 Å². The van der Waals surface area contributed by atoms with E-state index in [1.54, 1.807) is 7.11 Å². The number of benzene rings is 1. The summed E-state index contributed by atoms with van der Waals surface area (Å²) in [4.78, 5) is 11.8. The van der Waals surface area contributed by atoms with Gasteiger partial charge in [-0.05, 0) is 36.8 Å². The van der Waals surface area contributed by atoms with Crippen molar-refractivity contribution in [2.24, 2.45) is 5.41 Å². The van der Waals surface area contributed by atoms with Crippen molar-refractivity contribution in [2.45, 2.75) is 40.2 Å². The molecule has 1 rings (SSSR count). The van der Waals surface area contributed by atoms with Crippen molar-refractivity contribution >= 4 is 6.03 Å². The molecule has 0 heterocycles. The fourth-order valence-corrected chi connectivity index (χ4v) is 2.08. The largest absolute Gasteiger partial charge is 0.496 e. The Kier molecular flexibility index (Phi) is 7.18. The van der Waals surface area contributed by atoms with Gasteiger partial charge in [0.2, 0.25) is 0 Å². The van der Waals surface area contributed by atoms with Crippen LogP contribution in [0.3, 0.4) is 0 Å². The fraction of sp³-hybridized carbons (Fsp3) is 0.588. The van der Waals surface area contributed by atoms with E-state index in [-0.39, 0.29) is 18.1 Å². The van der Waals surface area contributed by atoms with Gasteiger partial charge < -0.3 is 20.5 Å². The second-order valence-corrected chi connectivity index (χ2v) is 6.35. The number of amides is 2. The molecule has 0 aromatic heterocycles. The number of aryl methyl sites for hydroxylation is 1. The molecular formula is C17H28N2O3. The zero-order valence-electron chi connectivity index (χ0n) is 14.0. The van der Waals surface area contributed by atoms with E-state index >= 15 is 0 Å². The summed E-state index contributed by atoms with van der Waals surface area (Å²) in [5, 5.41) is 14.8. The van der Waals surface area contributed by atoms with Crippen molar-refractivity contribution in [3.63, 3.8) is 0 Å². The van der Waals surface area contributed by atoms with Crippen LogP contribution in [0.25, 0.3) is 0 Å². The Morgan fingerprint density at radius 3 is 2.68 bits per heavy atom. The lowest BCUT2D eigenvalue weighted by Crippen LogP contribution is -2.36. The average molecular weight is 308 g/mol. The first kappa shape index (κ1) is 18.3. The second-order valence-electron chi connectivity index (χ2n) is 6.35. The van der Waals surface area contributed by atoms with Crippen LogP contribution in [0.5, 0.6) is 5.75 Å². The number of carbonyl (C=O) groups excluding carboxylic acids is 1. The molecule has 0 radical (unpaired) electrons. The summed E-state index contributed by atoms with van der Waals surface area (Å²) < 4.78 is 5.31. The summed E-state index contributed by atoms with van der Waals surface area (Å²) in [5.41, 5.74) is 1.98. The predicted octanol–water partition coefficient (Wildman–Crippen LogP) is 2.60. The van der Waals surface area contributed by atoms with Crippen LogP contribution in [0.4, 0.5) is 4.79 Å². The third kappa shape index (κ3) is 6.35. The minimum absolute atomic E-state index is 0.0899. The Hall–Kier alpha value is -1.75. The summed E-state index contributed by atoms with van der Waals surface area (Å²) in [7, 11) is 1.63. The third-order valence-electron chi connectivity index (χ3n) is 3.63. The van der Waals surface area contributed by atoms with E-state index in [0.29, 0.717) is 13.1 Å². The van der Waals surface area contributed by atoms with Crippen LogP contribution in [-0.4, -0.2) is 31.4 Å². The molecule has 0 unspecified atom stereocenters. The maximum absolute atomic E-state index is 11.8. The zero-order chi connectivity index (χ0) is 16.6. The molecule has 0 aliphatic heterocycles. The van der Waals surface area contributed by atoms with Gasteiger partial charge in [0.1, 0.15) is 5.75 Å². The lowest BCUT2D eigenvalue weighted by Gasteiger charge is -2.21. The molecule has 1 aromatic carbocycles. The molecule has 0 saturated heterocycles. The van der Waals surface area contributed by atoms with Gasteiger partial charge in [0, 0.05) is 25.3 Å². The number of urea groups is 1. The topological polar surface area (TPSA) is 70.6 Å². The van der Waals surface area contributed by atoms with Crippen molar-refractivity contribution < 1.29 is 14.6 Å². The van der Waals surface area contributed by atoms with Gasteiger partial charge in [-0.1, -0.05) is 26.0 Å². The predicted molar refractivity (Wildman–Crippen MR) is 88.1 cm³/mol. The quantitative estimate of drug-likeness (QED) is 0.647. The number of aliphatic hydroxyl groups is 1. The maximum atomic E-state index is 11.8. The maximum Gasteiger partial charge on any atom is 0.315 e. The Bertz CT molecular complexity index is 487. The molecule has 0 aliphatic rings. The Balaban J connectivity index is 2.32. The van der Waals surface area contributed by atoms with E-state index in [1.165, 1.54) is 0 Å². The highest BCUT2D eigenvalue weighted by molar-refractivity contribution is 5.73. The molecule has 124 valence electrons. The van der Waals surface area contributed by atoms with Gasteiger partial charge in [-0.15, -0.1) is 0 Å². The van der Waals surface area contributed by atoms with E-state index in [9.17, 15) is 9.90 Å². The Morgan fingerprint density at radius 2 is 2.05 bits per heavy atom. The first-order chi connectivity index (χ1) is 10.4. The molecule has 0 bridgehead atoms. The lowest BCUT2D eigenvalue weighted by molar-refractivity contribution is 0.148. The van der Waals surface area contributed by atoms with Gasteiger partial charge in [-0.25, -0.2) is 4.79 Å². The Labute approximate surface area is 133 Å². The van der Waals surface area contributed by atoms with E-state index in [1.807, 2.05) is 39.0 Å². The molecule has 2 amide bonds. The number of nitrogens with one attached hydrogen (secondary N) is 2. The van der Waals surface area contributed by atoms with Gasteiger partial charge in [-0.3, -0.25) is 0 Å². The monoisotopic (exact) mass is 308 g/mol. The van der Waals surface area contributed by atoms with Crippen molar-refractivity contribution in [1.29, 1.82) is 0 Å². The van der Waals surface area contributed by atoms with Crippen molar-refractivity contribution in [2.75, 3.05) is 20.3 Å². The molecule has 5 heteroatoms. The molecule has 0 atom stereocenters. The lowest BCUT2D eigenvalue weighted by atomic mass is 9.89. The van der Waals surface area contributed by atoms with Crippen LogP contribution >= 0.6 is 0 Å². The molecule has 22 heavy (non-hydrogen) atoms. The first-order valence-electron chi connectivity index (χ1n) is 7.64. The smallest absolute Gasteiger partial charge is 0.315 e. The highest BCUT2D eigenvalue weighted by atomic mass is 16.5. The third-order valence-corrected chi connectivity index (χ3v) is 3.63. The molecule has 0 fully saturated rings. The highest BCUT2D eigenvalue weighted by Crippen LogP contribution is 2.20. The van der Waals surface area contributed by atoms with Crippen LogP contribution in [-0.2, 0) is 6.54 Å². The van der Waals surface area contributed by atoms with E-state index in [0.717, 1.165) is 29.7 Å². The van der Waals surface area contributed by atoms with Gasteiger partial charge in [0.15, 0.2) is 0 Å². The van der Waals surface area contributed by atoms with Crippen molar-refractivity contribution in [3.05, 3.63) is 29.3 Å². The first-order valence-corrected chi connectivity index (χ1v) is 7.64. The summed E-state index contributed by atoms with van der Waals surface area (Å²) in [6.45, 7) is 7.21. The van der Waals surface area contributed by atoms with E-state index in [2.05, 4.69) is 10.6 Å². The minimum Gasteiger partial charge on any atom is -0.496 e. The SMILES string of the molecule is COc1cc(C)ccc1CNC(=O)NCCCC(C)(C)CO. The number of hydrogen-bond donors (Lipinski definition) is 3. The Morgan fingerprint density at radius 1 is 1.32 bits per heavy atom. The zero-order valence-corrected chi connectivity index (χ0v) is 14.0. The second kappa shape index (κ2) is 8.63.